The molecule has 1 amide bonds. The van der Waals surface area contributed by atoms with Crippen LogP contribution in [0.4, 0.5) is 4.79 Å². The number of hydrogen-bond donors (Lipinski definition) is 2. The van der Waals surface area contributed by atoms with Gasteiger partial charge in [-0.2, -0.15) is 0 Å². The highest BCUT2D eigenvalue weighted by Crippen LogP contribution is 2.18. The minimum Gasteiger partial charge on any atom is -0.465 e. The van der Waals surface area contributed by atoms with Crippen molar-refractivity contribution in [3.8, 4) is 0 Å². The second-order valence-electron chi connectivity index (χ2n) is 5.57. The number of methoxy groups -OCH3 is 1. The lowest BCUT2D eigenvalue weighted by atomic mass is 10.0. The molecule has 1 aromatic carbocycles. The van der Waals surface area contributed by atoms with Crippen LogP contribution >= 0.6 is 0 Å². The quantitative estimate of drug-likeness (QED) is 0.659. The van der Waals surface area contributed by atoms with E-state index in [0.717, 1.165) is 5.56 Å². The Morgan fingerprint density at radius 1 is 1.19 bits per heavy atom. The number of carbonyl (C=O) groups is 2. The molecule has 1 rings (SSSR count). The van der Waals surface area contributed by atoms with Gasteiger partial charge in [0.25, 0.3) is 0 Å². The third-order valence-corrected chi connectivity index (χ3v) is 2.62. The fraction of sp³-hybridized carbons (Fsp3) is 0.467. The van der Waals surface area contributed by atoms with Gasteiger partial charge in [-0.05, 0) is 39.3 Å². The van der Waals surface area contributed by atoms with Crippen molar-refractivity contribution in [2.45, 2.75) is 39.3 Å². The number of esters is 1. The summed E-state index contributed by atoms with van der Waals surface area (Å²) in [4.78, 5) is 23.3. The minimum absolute atomic E-state index is 0.284. The van der Waals surface area contributed by atoms with Crippen LogP contribution in [0.15, 0.2) is 24.3 Å². The Hall–Kier alpha value is -2.08. The van der Waals surface area contributed by atoms with E-state index >= 15 is 0 Å². The lowest BCUT2D eigenvalue weighted by Gasteiger charge is -2.22. The molecule has 0 bridgehead atoms. The van der Waals surface area contributed by atoms with Gasteiger partial charge in [0.1, 0.15) is 5.60 Å². The molecule has 0 spiro atoms. The Morgan fingerprint density at radius 3 is 2.38 bits per heavy atom. The molecule has 21 heavy (non-hydrogen) atoms. The van der Waals surface area contributed by atoms with Crippen molar-refractivity contribution < 1.29 is 19.1 Å². The topological polar surface area (TPSA) is 76.7 Å². The van der Waals surface area contributed by atoms with Crippen LogP contribution in [-0.4, -0.2) is 24.8 Å². The van der Waals surface area contributed by atoms with Crippen LogP contribution in [0.5, 0.6) is 0 Å². The zero-order chi connectivity index (χ0) is 16.0. The number of benzene rings is 1. The van der Waals surface area contributed by atoms with E-state index < -0.39 is 17.7 Å². The first kappa shape index (κ1) is 17.0. The summed E-state index contributed by atoms with van der Waals surface area (Å²) in [6.07, 6.45) is -0.579. The Morgan fingerprint density at radius 2 is 1.81 bits per heavy atom. The molecule has 0 radical (unpaired) electrons. The van der Waals surface area contributed by atoms with Crippen molar-refractivity contribution in [2.75, 3.05) is 7.11 Å². The summed E-state index contributed by atoms with van der Waals surface area (Å²) in [5.74, 6) is -0.420. The molecule has 1 atom stereocenters. The highest BCUT2D eigenvalue weighted by molar-refractivity contribution is 5.91. The smallest absolute Gasteiger partial charge is 0.422 e. The summed E-state index contributed by atoms with van der Waals surface area (Å²) in [7, 11) is 1.33. The standard InChI is InChI=1S/C15H22N2O4/c1-10(16-17-14(19)21-15(2,3)4)11-8-6-7-9-12(11)13(18)20-5/h6-10,16H,1-5H3,(H,17,19). The predicted octanol–water partition coefficient (Wildman–Crippen LogP) is 2.56. The summed E-state index contributed by atoms with van der Waals surface area (Å²) < 4.78 is 9.86. The molecule has 0 aliphatic heterocycles. The van der Waals surface area contributed by atoms with Crippen molar-refractivity contribution in [1.82, 2.24) is 10.9 Å². The average Bonchev–Trinajstić information content (AvgIpc) is 2.42. The van der Waals surface area contributed by atoms with Crippen LogP contribution in [0.2, 0.25) is 0 Å². The zero-order valence-electron chi connectivity index (χ0n) is 13.0. The van der Waals surface area contributed by atoms with E-state index in [-0.39, 0.29) is 6.04 Å². The first-order chi connectivity index (χ1) is 9.74. The Bertz CT molecular complexity index is 509. The number of nitrogens with one attached hydrogen (secondary N) is 2. The van der Waals surface area contributed by atoms with Gasteiger partial charge >= 0.3 is 12.1 Å². The number of hydrogen-bond acceptors (Lipinski definition) is 5. The molecule has 0 aliphatic carbocycles. The molecule has 0 aliphatic rings. The maximum Gasteiger partial charge on any atom is 0.422 e. The molecule has 1 unspecified atom stereocenters. The molecule has 0 aromatic heterocycles. The van der Waals surface area contributed by atoms with Crippen molar-refractivity contribution >= 4 is 12.1 Å². The fourth-order valence-corrected chi connectivity index (χ4v) is 1.72. The van der Waals surface area contributed by atoms with E-state index in [0.29, 0.717) is 5.56 Å². The van der Waals surface area contributed by atoms with Gasteiger partial charge in [0.05, 0.1) is 12.7 Å². The minimum atomic E-state index is -0.579. The van der Waals surface area contributed by atoms with Gasteiger partial charge in [-0.25, -0.2) is 15.0 Å². The Labute approximate surface area is 124 Å². The summed E-state index contributed by atoms with van der Waals surface area (Å²) in [6, 6.07) is 6.75. The van der Waals surface area contributed by atoms with E-state index in [1.165, 1.54) is 7.11 Å². The van der Waals surface area contributed by atoms with Gasteiger partial charge in [-0.3, -0.25) is 5.43 Å². The molecule has 0 heterocycles. The third-order valence-electron chi connectivity index (χ3n) is 2.62. The SMILES string of the molecule is COC(=O)c1ccccc1C(C)NNC(=O)OC(C)(C)C. The van der Waals surface area contributed by atoms with E-state index in [4.69, 9.17) is 9.47 Å². The molecule has 0 fully saturated rings. The van der Waals surface area contributed by atoms with Gasteiger partial charge in [0, 0.05) is 6.04 Å². The maximum atomic E-state index is 11.7. The van der Waals surface area contributed by atoms with Crippen LogP contribution < -0.4 is 10.9 Å². The van der Waals surface area contributed by atoms with Crippen LogP contribution in [0, 0.1) is 0 Å². The van der Waals surface area contributed by atoms with Crippen molar-refractivity contribution in [2.24, 2.45) is 0 Å². The van der Waals surface area contributed by atoms with E-state index in [1.54, 1.807) is 39.0 Å². The molecule has 1 aromatic rings. The summed E-state index contributed by atoms with van der Waals surface area (Å²) in [5.41, 5.74) is 5.87. The number of rotatable bonds is 4. The Balaban J connectivity index is 2.70. The van der Waals surface area contributed by atoms with Crippen LogP contribution in [-0.2, 0) is 9.47 Å². The largest absolute Gasteiger partial charge is 0.465 e. The predicted molar refractivity (Wildman–Crippen MR) is 78.7 cm³/mol. The first-order valence-corrected chi connectivity index (χ1v) is 6.66. The summed E-state index contributed by atoms with van der Waals surface area (Å²) >= 11 is 0. The van der Waals surface area contributed by atoms with Gasteiger partial charge in [0.2, 0.25) is 0 Å². The van der Waals surface area contributed by atoms with E-state index in [1.807, 2.05) is 13.0 Å². The second kappa shape index (κ2) is 7.08. The highest BCUT2D eigenvalue weighted by Gasteiger charge is 2.19. The Kier molecular flexibility index (Phi) is 5.72. The van der Waals surface area contributed by atoms with E-state index in [9.17, 15) is 9.59 Å². The van der Waals surface area contributed by atoms with Crippen molar-refractivity contribution in [3.05, 3.63) is 35.4 Å². The monoisotopic (exact) mass is 294 g/mol. The number of carbonyl (C=O) groups excluding carboxylic acids is 2. The number of ether oxygens (including phenoxy) is 2. The molecular formula is C15H22N2O4. The molecule has 2 N–H and O–H groups in total. The zero-order valence-corrected chi connectivity index (χ0v) is 13.0. The maximum absolute atomic E-state index is 11.7. The molecule has 6 nitrogen and oxygen atoms in total. The van der Waals surface area contributed by atoms with E-state index in [2.05, 4.69) is 10.9 Å². The first-order valence-electron chi connectivity index (χ1n) is 6.66. The van der Waals surface area contributed by atoms with Gasteiger partial charge in [0.15, 0.2) is 0 Å². The normalized spacial score (nSPS) is 12.4. The number of amides is 1. The lowest BCUT2D eigenvalue weighted by Crippen LogP contribution is -2.42. The highest BCUT2D eigenvalue weighted by atomic mass is 16.6. The van der Waals surface area contributed by atoms with Crippen molar-refractivity contribution in [1.29, 1.82) is 0 Å². The molecule has 116 valence electrons. The molecule has 0 saturated carbocycles. The summed E-state index contributed by atoms with van der Waals surface area (Å²) in [5, 5.41) is 0. The molecular weight excluding hydrogens is 272 g/mol. The van der Waals surface area contributed by atoms with Crippen LogP contribution in [0.1, 0.15) is 49.7 Å². The van der Waals surface area contributed by atoms with Crippen molar-refractivity contribution in [3.63, 3.8) is 0 Å². The van der Waals surface area contributed by atoms with Gasteiger partial charge < -0.3 is 9.47 Å². The van der Waals surface area contributed by atoms with Gasteiger partial charge in [-0.15, -0.1) is 0 Å². The molecule has 0 saturated heterocycles. The van der Waals surface area contributed by atoms with Crippen LogP contribution in [0.25, 0.3) is 0 Å². The lowest BCUT2D eigenvalue weighted by molar-refractivity contribution is 0.0489. The second-order valence-corrected chi connectivity index (χ2v) is 5.57. The average molecular weight is 294 g/mol. The fourth-order valence-electron chi connectivity index (χ4n) is 1.72. The van der Waals surface area contributed by atoms with Gasteiger partial charge in [-0.1, -0.05) is 18.2 Å². The summed E-state index contributed by atoms with van der Waals surface area (Å²) in [6.45, 7) is 7.16. The third kappa shape index (κ3) is 5.43. The number of hydrazine groups is 1. The van der Waals surface area contributed by atoms with Crippen LogP contribution in [0.3, 0.4) is 0 Å². The molecule has 6 heteroatoms.